The molecule has 1 fully saturated rings. The lowest BCUT2D eigenvalue weighted by molar-refractivity contribution is -0.387. The van der Waals surface area contributed by atoms with Crippen LogP contribution in [-0.4, -0.2) is 32.5 Å². The van der Waals surface area contributed by atoms with E-state index in [0.29, 0.717) is 12.1 Å². The zero-order chi connectivity index (χ0) is 14.8. The first-order valence-electron chi connectivity index (χ1n) is 6.39. The Morgan fingerprint density at radius 1 is 1.43 bits per heavy atom. The van der Waals surface area contributed by atoms with Crippen LogP contribution in [0.5, 0.6) is 0 Å². The van der Waals surface area contributed by atoms with Gasteiger partial charge in [-0.15, -0.1) is 12.4 Å². The summed E-state index contributed by atoms with van der Waals surface area (Å²) in [5, 5.41) is 14.1. The Morgan fingerprint density at radius 3 is 2.71 bits per heavy atom. The number of hydrogen-bond acceptors (Lipinski definition) is 5. The van der Waals surface area contributed by atoms with Crippen LogP contribution in [0, 0.1) is 17.0 Å². The lowest BCUT2D eigenvalue weighted by atomic mass is 10.1. The Hall–Kier alpha value is -1.22. The quantitative estimate of drug-likeness (QED) is 0.639. The standard InChI is InChI=1S/C12H17N3O4S.ClH/c1-9-4-2-6-11(15(16)17)12(9)20(18,19)14-10-5-3-7-13-8-10;/h2,4,6,10,13-14H,3,5,7-8H2,1H3;1H/t10-;/m0./s1. The second kappa shape index (κ2) is 7.17. The van der Waals surface area contributed by atoms with Crippen LogP contribution in [0.25, 0.3) is 0 Å². The predicted molar refractivity (Wildman–Crippen MR) is 81.3 cm³/mol. The van der Waals surface area contributed by atoms with Gasteiger partial charge >= 0.3 is 0 Å². The van der Waals surface area contributed by atoms with E-state index in [1.54, 1.807) is 13.0 Å². The summed E-state index contributed by atoms with van der Waals surface area (Å²) in [5.41, 5.74) is -0.0169. The van der Waals surface area contributed by atoms with Crippen molar-refractivity contribution in [2.24, 2.45) is 0 Å². The molecule has 0 radical (unpaired) electrons. The van der Waals surface area contributed by atoms with Gasteiger partial charge < -0.3 is 5.32 Å². The van der Waals surface area contributed by atoms with E-state index < -0.39 is 14.9 Å². The first kappa shape index (κ1) is 17.8. The molecule has 1 aliphatic heterocycles. The fourth-order valence-electron chi connectivity index (χ4n) is 2.36. The van der Waals surface area contributed by atoms with Gasteiger partial charge in [-0.05, 0) is 31.9 Å². The van der Waals surface area contributed by atoms with Crippen molar-refractivity contribution in [3.8, 4) is 0 Å². The molecule has 0 bridgehead atoms. The second-order valence-electron chi connectivity index (χ2n) is 4.84. The highest BCUT2D eigenvalue weighted by molar-refractivity contribution is 7.89. The van der Waals surface area contributed by atoms with Gasteiger partial charge in [0.15, 0.2) is 4.90 Å². The van der Waals surface area contributed by atoms with Gasteiger partial charge in [0.05, 0.1) is 4.92 Å². The highest BCUT2D eigenvalue weighted by Gasteiger charge is 2.30. The number of halogens is 1. The zero-order valence-corrected chi connectivity index (χ0v) is 13.2. The van der Waals surface area contributed by atoms with Gasteiger partial charge in [-0.2, -0.15) is 0 Å². The van der Waals surface area contributed by atoms with E-state index in [2.05, 4.69) is 10.0 Å². The normalized spacial score (nSPS) is 18.8. The van der Waals surface area contributed by atoms with Crippen molar-refractivity contribution in [3.63, 3.8) is 0 Å². The van der Waals surface area contributed by atoms with Gasteiger partial charge in [0.2, 0.25) is 10.0 Å². The third-order valence-corrected chi connectivity index (χ3v) is 4.99. The average molecular weight is 336 g/mol. The Bertz CT molecular complexity index is 615. The van der Waals surface area contributed by atoms with Crippen molar-refractivity contribution >= 4 is 28.1 Å². The summed E-state index contributed by atoms with van der Waals surface area (Å²) in [7, 11) is -3.90. The summed E-state index contributed by atoms with van der Waals surface area (Å²) in [4.78, 5) is 10.1. The molecule has 1 saturated heterocycles. The zero-order valence-electron chi connectivity index (χ0n) is 11.5. The fraction of sp³-hybridized carbons (Fsp3) is 0.500. The molecule has 2 N–H and O–H groups in total. The smallest absolute Gasteiger partial charge is 0.289 e. The summed E-state index contributed by atoms with van der Waals surface area (Å²) in [5.74, 6) is 0. The molecule has 0 aliphatic carbocycles. The van der Waals surface area contributed by atoms with Gasteiger partial charge in [0, 0.05) is 18.7 Å². The third kappa shape index (κ3) is 4.13. The maximum Gasteiger partial charge on any atom is 0.289 e. The van der Waals surface area contributed by atoms with E-state index in [0.717, 1.165) is 19.4 Å². The molecule has 118 valence electrons. The minimum atomic E-state index is -3.90. The highest BCUT2D eigenvalue weighted by Crippen LogP contribution is 2.27. The summed E-state index contributed by atoms with van der Waals surface area (Å²) >= 11 is 0. The first-order valence-corrected chi connectivity index (χ1v) is 7.87. The SMILES string of the molecule is Cc1cccc([N+](=O)[O-])c1S(=O)(=O)N[C@H]1CCCNC1.Cl. The largest absolute Gasteiger partial charge is 0.315 e. The number of nitrogens with one attached hydrogen (secondary N) is 2. The van der Waals surface area contributed by atoms with Crippen LogP contribution in [0.15, 0.2) is 23.1 Å². The molecule has 1 heterocycles. The summed E-state index contributed by atoms with van der Waals surface area (Å²) in [6, 6.07) is 4.02. The van der Waals surface area contributed by atoms with E-state index in [1.165, 1.54) is 12.1 Å². The van der Waals surface area contributed by atoms with Crippen molar-refractivity contribution in [1.82, 2.24) is 10.0 Å². The number of aryl methyl sites for hydroxylation is 1. The van der Waals surface area contributed by atoms with Crippen LogP contribution in [0.3, 0.4) is 0 Å². The molecule has 0 spiro atoms. The molecule has 2 rings (SSSR count). The molecular formula is C12H18ClN3O4S. The number of nitro groups is 1. The molecule has 1 aromatic rings. The number of hydrogen-bond donors (Lipinski definition) is 2. The molecule has 0 saturated carbocycles. The molecule has 21 heavy (non-hydrogen) atoms. The Morgan fingerprint density at radius 2 is 2.14 bits per heavy atom. The van der Waals surface area contributed by atoms with E-state index in [-0.39, 0.29) is 29.0 Å². The minimum absolute atomic E-state index is 0. The third-order valence-electron chi connectivity index (χ3n) is 3.28. The van der Waals surface area contributed by atoms with Crippen molar-refractivity contribution < 1.29 is 13.3 Å². The summed E-state index contributed by atoms with van der Waals surface area (Å²) in [6.07, 6.45) is 1.61. The molecule has 0 amide bonds. The van der Waals surface area contributed by atoms with Gasteiger partial charge in [-0.25, -0.2) is 13.1 Å². The van der Waals surface area contributed by atoms with Crippen LogP contribution >= 0.6 is 12.4 Å². The number of piperidine rings is 1. The molecule has 1 aromatic carbocycles. The van der Waals surface area contributed by atoms with Crippen molar-refractivity contribution in [2.45, 2.75) is 30.7 Å². The minimum Gasteiger partial charge on any atom is -0.315 e. The van der Waals surface area contributed by atoms with Gasteiger partial charge in [-0.1, -0.05) is 12.1 Å². The number of rotatable bonds is 4. The summed E-state index contributed by atoms with van der Waals surface area (Å²) < 4.78 is 27.4. The topological polar surface area (TPSA) is 101 Å². The van der Waals surface area contributed by atoms with Crippen LogP contribution in [0.2, 0.25) is 0 Å². The lowest BCUT2D eigenvalue weighted by Gasteiger charge is -2.23. The molecule has 1 atom stereocenters. The maximum atomic E-state index is 12.4. The van der Waals surface area contributed by atoms with Crippen molar-refractivity contribution in [1.29, 1.82) is 0 Å². The van der Waals surface area contributed by atoms with E-state index in [9.17, 15) is 18.5 Å². The van der Waals surface area contributed by atoms with Crippen LogP contribution < -0.4 is 10.0 Å². The predicted octanol–water partition coefficient (Wildman–Crippen LogP) is 1.36. The van der Waals surface area contributed by atoms with Crippen LogP contribution in [-0.2, 0) is 10.0 Å². The van der Waals surface area contributed by atoms with Crippen LogP contribution in [0.1, 0.15) is 18.4 Å². The molecule has 0 aromatic heterocycles. The number of nitrogens with zero attached hydrogens (tertiary/aromatic N) is 1. The lowest BCUT2D eigenvalue weighted by Crippen LogP contribution is -2.45. The fourth-order valence-corrected chi connectivity index (χ4v) is 4.03. The maximum absolute atomic E-state index is 12.4. The molecular weight excluding hydrogens is 318 g/mol. The highest BCUT2D eigenvalue weighted by atomic mass is 35.5. The van der Waals surface area contributed by atoms with Crippen molar-refractivity contribution in [3.05, 3.63) is 33.9 Å². The number of benzene rings is 1. The Labute approximate surface area is 129 Å². The Kier molecular flexibility index (Phi) is 6.09. The van der Waals surface area contributed by atoms with Crippen molar-refractivity contribution in [2.75, 3.05) is 13.1 Å². The molecule has 0 unspecified atom stereocenters. The van der Waals surface area contributed by atoms with Gasteiger partial charge in [-0.3, -0.25) is 10.1 Å². The van der Waals surface area contributed by atoms with Gasteiger partial charge in [0.25, 0.3) is 5.69 Å². The molecule has 1 aliphatic rings. The molecule has 9 heteroatoms. The number of nitro benzene ring substituents is 1. The average Bonchev–Trinajstić information content (AvgIpc) is 2.38. The Balaban J connectivity index is 0.00000220. The van der Waals surface area contributed by atoms with E-state index in [4.69, 9.17) is 0 Å². The van der Waals surface area contributed by atoms with Gasteiger partial charge in [0.1, 0.15) is 0 Å². The molecule has 7 nitrogen and oxygen atoms in total. The monoisotopic (exact) mass is 335 g/mol. The van der Waals surface area contributed by atoms with Crippen LogP contribution in [0.4, 0.5) is 5.69 Å². The van der Waals surface area contributed by atoms with E-state index >= 15 is 0 Å². The first-order chi connectivity index (χ1) is 9.42. The summed E-state index contributed by atoms with van der Waals surface area (Å²) in [6.45, 7) is 2.96. The second-order valence-corrected chi connectivity index (χ2v) is 6.50. The van der Waals surface area contributed by atoms with E-state index in [1.807, 2.05) is 0 Å². The number of sulfonamides is 1.